The van der Waals surface area contributed by atoms with Gasteiger partial charge in [-0.15, -0.1) is 0 Å². The van der Waals surface area contributed by atoms with Crippen LogP contribution in [0.15, 0.2) is 0 Å². The van der Waals surface area contributed by atoms with E-state index in [1.165, 1.54) is 12.8 Å². The van der Waals surface area contributed by atoms with Crippen LogP contribution < -0.4 is 0 Å². The highest BCUT2D eigenvalue weighted by atomic mass is 16.6. The van der Waals surface area contributed by atoms with E-state index in [1.54, 1.807) is 6.92 Å². The molecule has 0 saturated heterocycles. The molecule has 1 saturated carbocycles. The first-order valence-corrected chi connectivity index (χ1v) is 5.61. The maximum atomic E-state index is 11.1. The van der Waals surface area contributed by atoms with Crippen molar-refractivity contribution in [1.29, 1.82) is 0 Å². The van der Waals surface area contributed by atoms with Crippen molar-refractivity contribution in [2.45, 2.75) is 64.1 Å². The molecule has 1 rings (SSSR count). The van der Waals surface area contributed by atoms with Gasteiger partial charge in [-0.2, -0.15) is 0 Å². The van der Waals surface area contributed by atoms with Crippen LogP contribution >= 0.6 is 0 Å². The summed E-state index contributed by atoms with van der Waals surface area (Å²) in [4.78, 5) is 11.1. The van der Waals surface area contributed by atoms with Gasteiger partial charge in [0.2, 0.25) is 0 Å². The molecule has 0 heterocycles. The minimum Gasteiger partial charge on any atom is -0.460 e. The average molecular weight is 200 g/mol. The first kappa shape index (κ1) is 11.5. The second-order valence-corrected chi connectivity index (χ2v) is 3.94. The van der Waals surface area contributed by atoms with E-state index in [9.17, 15) is 9.90 Å². The van der Waals surface area contributed by atoms with Crippen molar-refractivity contribution in [2.24, 2.45) is 0 Å². The van der Waals surface area contributed by atoms with Crippen LogP contribution in [-0.4, -0.2) is 23.3 Å². The summed E-state index contributed by atoms with van der Waals surface area (Å²) in [6.07, 6.45) is 5.73. The lowest BCUT2D eigenvalue weighted by Crippen LogP contribution is -2.32. The van der Waals surface area contributed by atoms with E-state index in [2.05, 4.69) is 0 Å². The quantitative estimate of drug-likeness (QED) is 0.694. The predicted octanol–water partition coefficient (Wildman–Crippen LogP) is 2.02. The summed E-state index contributed by atoms with van der Waals surface area (Å²) in [6, 6.07) is 0. The van der Waals surface area contributed by atoms with Gasteiger partial charge in [0.25, 0.3) is 0 Å². The zero-order chi connectivity index (χ0) is 10.4. The second-order valence-electron chi connectivity index (χ2n) is 3.94. The maximum absolute atomic E-state index is 11.1. The number of aliphatic hydroxyl groups excluding tert-OH is 1. The van der Waals surface area contributed by atoms with Gasteiger partial charge in [-0.05, 0) is 19.3 Å². The number of hydrogen-bond acceptors (Lipinski definition) is 3. The van der Waals surface area contributed by atoms with Crippen LogP contribution in [0.3, 0.4) is 0 Å². The molecule has 0 spiro atoms. The number of esters is 1. The third-order valence-electron chi connectivity index (χ3n) is 2.74. The van der Waals surface area contributed by atoms with E-state index in [4.69, 9.17) is 4.74 Å². The molecule has 3 heteroatoms. The first-order valence-electron chi connectivity index (χ1n) is 5.61. The smallest absolute Gasteiger partial charge is 0.305 e. The summed E-state index contributed by atoms with van der Waals surface area (Å²) in [5.41, 5.74) is 0. The third kappa shape index (κ3) is 3.66. The van der Waals surface area contributed by atoms with Crippen LogP contribution in [0.4, 0.5) is 0 Å². The van der Waals surface area contributed by atoms with Crippen LogP contribution in [0.1, 0.15) is 51.9 Å². The van der Waals surface area contributed by atoms with E-state index in [1.807, 2.05) is 0 Å². The highest BCUT2D eigenvalue weighted by Gasteiger charge is 2.23. The summed E-state index contributed by atoms with van der Waals surface area (Å²) in [5.74, 6) is -0.199. The zero-order valence-electron chi connectivity index (χ0n) is 8.87. The molecule has 0 aliphatic heterocycles. The fourth-order valence-corrected chi connectivity index (χ4v) is 1.82. The Morgan fingerprint density at radius 2 is 1.93 bits per heavy atom. The fraction of sp³-hybridized carbons (Fsp3) is 0.909. The molecule has 0 bridgehead atoms. The summed E-state index contributed by atoms with van der Waals surface area (Å²) in [6.45, 7) is 1.78. The number of ether oxygens (including phenoxy) is 1. The van der Waals surface area contributed by atoms with Gasteiger partial charge in [-0.1, -0.05) is 26.2 Å². The number of aliphatic hydroxyl groups is 1. The van der Waals surface area contributed by atoms with Gasteiger partial charge in [0.05, 0.1) is 6.10 Å². The second kappa shape index (κ2) is 6.02. The van der Waals surface area contributed by atoms with Gasteiger partial charge in [0.1, 0.15) is 6.10 Å². The minimum absolute atomic E-state index is 0.199. The lowest BCUT2D eigenvalue weighted by atomic mass is 9.96. The molecule has 1 aliphatic carbocycles. The Labute approximate surface area is 85.5 Å². The average Bonchev–Trinajstić information content (AvgIpc) is 2.17. The zero-order valence-corrected chi connectivity index (χ0v) is 8.87. The SMILES string of the molecule is CCC(=O)OC1CCCCCCC1O. The van der Waals surface area contributed by atoms with Crippen molar-refractivity contribution in [3.63, 3.8) is 0 Å². The van der Waals surface area contributed by atoms with Crippen molar-refractivity contribution < 1.29 is 14.6 Å². The van der Waals surface area contributed by atoms with Crippen LogP contribution in [0, 0.1) is 0 Å². The largest absolute Gasteiger partial charge is 0.460 e. The Bertz CT molecular complexity index is 179. The van der Waals surface area contributed by atoms with Crippen LogP contribution in [0.2, 0.25) is 0 Å². The molecule has 0 aromatic heterocycles. The lowest BCUT2D eigenvalue weighted by Gasteiger charge is -2.25. The first-order chi connectivity index (χ1) is 6.74. The molecule has 3 nitrogen and oxygen atoms in total. The molecule has 1 aliphatic rings. The highest BCUT2D eigenvalue weighted by Crippen LogP contribution is 2.20. The molecule has 0 aromatic rings. The molecular weight excluding hydrogens is 180 g/mol. The Morgan fingerprint density at radius 1 is 1.29 bits per heavy atom. The third-order valence-corrected chi connectivity index (χ3v) is 2.74. The minimum atomic E-state index is -0.453. The van der Waals surface area contributed by atoms with Crippen LogP contribution in [0.25, 0.3) is 0 Å². The number of carbonyl (C=O) groups excluding carboxylic acids is 1. The fourth-order valence-electron chi connectivity index (χ4n) is 1.82. The van der Waals surface area contributed by atoms with Crippen molar-refractivity contribution >= 4 is 5.97 Å². The molecule has 82 valence electrons. The Morgan fingerprint density at radius 3 is 2.57 bits per heavy atom. The van der Waals surface area contributed by atoms with Gasteiger partial charge in [0.15, 0.2) is 0 Å². The van der Waals surface area contributed by atoms with E-state index in [0.717, 1.165) is 25.7 Å². The van der Waals surface area contributed by atoms with E-state index in [0.29, 0.717) is 6.42 Å². The summed E-state index contributed by atoms with van der Waals surface area (Å²) in [5, 5.41) is 9.74. The normalized spacial score (nSPS) is 29.0. The molecule has 0 amide bonds. The monoisotopic (exact) mass is 200 g/mol. The molecular formula is C11H20O3. The Hall–Kier alpha value is -0.570. The molecule has 1 fully saturated rings. The molecule has 14 heavy (non-hydrogen) atoms. The van der Waals surface area contributed by atoms with Crippen molar-refractivity contribution in [3.8, 4) is 0 Å². The number of rotatable bonds is 2. The Balaban J connectivity index is 2.40. The van der Waals surface area contributed by atoms with E-state index < -0.39 is 6.10 Å². The lowest BCUT2D eigenvalue weighted by molar-refractivity contribution is -0.155. The van der Waals surface area contributed by atoms with Crippen molar-refractivity contribution in [3.05, 3.63) is 0 Å². The summed E-state index contributed by atoms with van der Waals surface area (Å²) in [7, 11) is 0. The van der Waals surface area contributed by atoms with Crippen LogP contribution in [0.5, 0.6) is 0 Å². The van der Waals surface area contributed by atoms with Gasteiger partial charge in [-0.25, -0.2) is 0 Å². The van der Waals surface area contributed by atoms with E-state index in [-0.39, 0.29) is 12.1 Å². The van der Waals surface area contributed by atoms with Crippen molar-refractivity contribution in [2.75, 3.05) is 0 Å². The van der Waals surface area contributed by atoms with Gasteiger partial charge in [-0.3, -0.25) is 4.79 Å². The molecule has 2 atom stereocenters. The number of carbonyl (C=O) groups is 1. The molecule has 1 N–H and O–H groups in total. The van der Waals surface area contributed by atoms with Gasteiger partial charge < -0.3 is 9.84 Å². The van der Waals surface area contributed by atoms with Gasteiger partial charge in [0, 0.05) is 6.42 Å². The molecule has 0 radical (unpaired) electrons. The van der Waals surface area contributed by atoms with Crippen molar-refractivity contribution in [1.82, 2.24) is 0 Å². The summed E-state index contributed by atoms with van der Waals surface area (Å²) >= 11 is 0. The molecule has 2 unspecified atom stereocenters. The van der Waals surface area contributed by atoms with Crippen LogP contribution in [-0.2, 0) is 9.53 Å². The molecule has 0 aromatic carbocycles. The topological polar surface area (TPSA) is 46.5 Å². The standard InChI is InChI=1S/C11H20O3/c1-2-11(13)14-10-8-6-4-3-5-7-9(10)12/h9-10,12H,2-8H2,1H3. The Kier molecular flexibility index (Phi) is 4.94. The van der Waals surface area contributed by atoms with Gasteiger partial charge >= 0.3 is 5.97 Å². The highest BCUT2D eigenvalue weighted by molar-refractivity contribution is 5.69. The predicted molar refractivity (Wildman–Crippen MR) is 53.9 cm³/mol. The van der Waals surface area contributed by atoms with E-state index >= 15 is 0 Å². The number of hydrogen-bond donors (Lipinski definition) is 1. The summed E-state index contributed by atoms with van der Waals surface area (Å²) < 4.78 is 5.20. The maximum Gasteiger partial charge on any atom is 0.305 e.